The molecule has 0 spiro atoms. The monoisotopic (exact) mass is 465 g/mol. The van der Waals surface area contributed by atoms with Crippen LogP contribution >= 0.6 is 11.3 Å². The second-order valence-electron chi connectivity index (χ2n) is 10.2. The van der Waals surface area contributed by atoms with Crippen LogP contribution < -0.4 is 5.32 Å². The molecule has 1 aromatic heterocycles. The number of nitrogens with zero attached hydrogens (tertiary/aromatic N) is 2. The van der Waals surface area contributed by atoms with Crippen molar-refractivity contribution in [3.8, 4) is 12.3 Å². The fourth-order valence-corrected chi connectivity index (χ4v) is 7.40. The van der Waals surface area contributed by atoms with Crippen molar-refractivity contribution < 1.29 is 9.90 Å². The zero-order valence-corrected chi connectivity index (χ0v) is 20.9. The average molecular weight is 466 g/mol. The number of terminal acetylenes is 1. The van der Waals surface area contributed by atoms with Gasteiger partial charge in [-0.25, -0.2) is 4.98 Å². The Labute approximate surface area is 201 Å². The fourth-order valence-electron chi connectivity index (χ4n) is 6.14. The van der Waals surface area contributed by atoms with E-state index in [-0.39, 0.29) is 35.0 Å². The highest BCUT2D eigenvalue weighted by molar-refractivity contribution is 7.15. The van der Waals surface area contributed by atoms with E-state index in [0.717, 1.165) is 36.6 Å². The molecular weight excluding hydrogens is 430 g/mol. The van der Waals surface area contributed by atoms with Crippen molar-refractivity contribution in [3.05, 3.63) is 46.5 Å². The smallest absolute Gasteiger partial charge is 0.226 e. The van der Waals surface area contributed by atoms with E-state index >= 15 is 0 Å². The summed E-state index contributed by atoms with van der Waals surface area (Å²) in [7, 11) is 1.74. The number of benzene rings is 1. The molecule has 0 saturated heterocycles. The Kier molecular flexibility index (Phi) is 6.83. The number of carbonyl (C=O) groups is 1. The number of nitrogens with one attached hydrogen (secondary N) is 1. The molecule has 6 heteroatoms. The first kappa shape index (κ1) is 23.8. The summed E-state index contributed by atoms with van der Waals surface area (Å²) in [6.07, 6.45) is 7.65. The molecule has 1 fully saturated rings. The summed E-state index contributed by atoms with van der Waals surface area (Å²) in [4.78, 5) is 20.8. The topological polar surface area (TPSA) is 65.5 Å². The highest BCUT2D eigenvalue weighted by Crippen LogP contribution is 2.57. The van der Waals surface area contributed by atoms with E-state index in [2.05, 4.69) is 37.2 Å². The zero-order chi connectivity index (χ0) is 23.8. The van der Waals surface area contributed by atoms with Gasteiger partial charge >= 0.3 is 0 Å². The third kappa shape index (κ3) is 4.54. The first-order valence-corrected chi connectivity index (χ1v) is 12.7. The summed E-state index contributed by atoms with van der Waals surface area (Å²) in [5, 5.41) is 16.0. The lowest BCUT2D eigenvalue weighted by Crippen LogP contribution is -2.53. The van der Waals surface area contributed by atoms with Crippen molar-refractivity contribution in [2.24, 2.45) is 23.2 Å². The Bertz CT molecular complexity index is 1030. The molecule has 0 radical (unpaired) electrons. The summed E-state index contributed by atoms with van der Waals surface area (Å²) in [5.41, 5.74) is 2.35. The number of hydrogen-bond acceptors (Lipinski definition) is 5. The Morgan fingerprint density at radius 3 is 2.85 bits per heavy atom. The number of hydrogen-bond donors (Lipinski definition) is 2. The molecule has 2 aromatic rings. The van der Waals surface area contributed by atoms with Gasteiger partial charge in [0.2, 0.25) is 5.91 Å². The van der Waals surface area contributed by atoms with Gasteiger partial charge in [0.25, 0.3) is 0 Å². The predicted molar refractivity (Wildman–Crippen MR) is 134 cm³/mol. The molecule has 33 heavy (non-hydrogen) atoms. The van der Waals surface area contributed by atoms with E-state index in [4.69, 9.17) is 11.4 Å². The average Bonchev–Trinajstić information content (AvgIpc) is 3.20. The number of thiazole rings is 1. The predicted octanol–water partition coefficient (Wildman–Crippen LogP) is 4.54. The van der Waals surface area contributed by atoms with Gasteiger partial charge < -0.3 is 15.3 Å². The Morgan fingerprint density at radius 2 is 2.15 bits per heavy atom. The van der Waals surface area contributed by atoms with Gasteiger partial charge in [-0.05, 0) is 42.1 Å². The van der Waals surface area contributed by atoms with E-state index in [9.17, 15) is 9.90 Å². The van der Waals surface area contributed by atoms with Gasteiger partial charge in [0.05, 0.1) is 18.3 Å². The Morgan fingerprint density at radius 1 is 1.42 bits per heavy atom. The lowest BCUT2D eigenvalue weighted by molar-refractivity contribution is -0.142. The van der Waals surface area contributed by atoms with Gasteiger partial charge in [0, 0.05) is 30.3 Å². The number of aromatic nitrogens is 1. The fraction of sp³-hybridized carbons (Fsp3) is 0.556. The second kappa shape index (κ2) is 9.48. The summed E-state index contributed by atoms with van der Waals surface area (Å²) in [6.45, 7) is 7.50. The molecule has 2 aliphatic carbocycles. The van der Waals surface area contributed by atoms with Gasteiger partial charge in [-0.3, -0.25) is 4.79 Å². The second-order valence-corrected chi connectivity index (χ2v) is 11.3. The highest BCUT2D eigenvalue weighted by Gasteiger charge is 2.54. The molecule has 2 N–H and O–H groups in total. The maximum Gasteiger partial charge on any atom is 0.226 e. The minimum absolute atomic E-state index is 0.0129. The van der Waals surface area contributed by atoms with Crippen molar-refractivity contribution in [1.82, 2.24) is 9.88 Å². The number of aliphatic hydroxyl groups is 1. The molecule has 0 unspecified atom stereocenters. The van der Waals surface area contributed by atoms with Crippen molar-refractivity contribution >= 4 is 22.4 Å². The van der Waals surface area contributed by atoms with Crippen LogP contribution in [0.25, 0.3) is 0 Å². The normalized spacial score (nSPS) is 29.3. The third-order valence-corrected chi connectivity index (χ3v) is 8.97. The maximum absolute atomic E-state index is 12.9. The maximum atomic E-state index is 12.9. The lowest BCUT2D eigenvalue weighted by atomic mass is 9.53. The molecule has 4 rings (SSSR count). The van der Waals surface area contributed by atoms with E-state index in [0.29, 0.717) is 6.54 Å². The van der Waals surface area contributed by atoms with Crippen LogP contribution in [0.15, 0.2) is 30.3 Å². The van der Waals surface area contributed by atoms with E-state index in [1.54, 1.807) is 23.3 Å². The van der Waals surface area contributed by atoms with Crippen molar-refractivity contribution in [2.45, 2.75) is 58.6 Å². The van der Waals surface area contributed by atoms with Gasteiger partial charge in [-0.15, -0.1) is 17.8 Å². The quantitative estimate of drug-likeness (QED) is 0.615. The lowest BCUT2D eigenvalue weighted by Gasteiger charge is -2.53. The zero-order valence-electron chi connectivity index (χ0n) is 20.0. The molecule has 0 bridgehead atoms. The van der Waals surface area contributed by atoms with Crippen LogP contribution in [0.4, 0.5) is 5.13 Å². The molecule has 1 heterocycles. The number of anilines is 1. The Hall–Kier alpha value is -2.36. The molecule has 6 atom stereocenters. The van der Waals surface area contributed by atoms with Crippen LogP contribution in [0, 0.1) is 35.5 Å². The molecule has 176 valence electrons. The van der Waals surface area contributed by atoms with Crippen molar-refractivity contribution in [3.63, 3.8) is 0 Å². The van der Waals surface area contributed by atoms with Gasteiger partial charge in [-0.1, -0.05) is 57.0 Å². The molecule has 1 aromatic carbocycles. The van der Waals surface area contributed by atoms with Crippen LogP contribution in [0.1, 0.15) is 55.7 Å². The van der Waals surface area contributed by atoms with Crippen LogP contribution in [0.3, 0.4) is 0 Å². The minimum atomic E-state index is -0.535. The van der Waals surface area contributed by atoms with Gasteiger partial charge in [0.15, 0.2) is 5.13 Å². The molecule has 1 amide bonds. The third-order valence-electron chi connectivity index (χ3n) is 7.95. The summed E-state index contributed by atoms with van der Waals surface area (Å²) >= 11 is 1.75. The largest absolute Gasteiger partial charge is 0.392 e. The standard InChI is InChI=1S/C27H35N3O2S/c1-6-14-30(5)25(32)17(2)20-12-13-27(4)15-21-23(18(3)22(27)24(20)31)29-26(33-21)28-16-19-10-8-7-9-11-19/h1,7-11,17-18,20,22,24,31H,12-16H2,2-5H3,(H,28,29)/t17-,18+,20-,22+,24-,27+/m0/s1. The number of amides is 1. The molecule has 2 aliphatic rings. The molecule has 0 aliphatic heterocycles. The summed E-state index contributed by atoms with van der Waals surface area (Å²) in [5.74, 6) is 2.47. The van der Waals surface area contributed by atoms with Crippen LogP contribution in [-0.4, -0.2) is 40.6 Å². The Balaban J connectivity index is 1.52. The number of fused-ring (bicyclic) bond motifs is 2. The van der Waals surface area contributed by atoms with E-state index in [1.165, 1.54) is 10.4 Å². The molecule has 1 saturated carbocycles. The van der Waals surface area contributed by atoms with Gasteiger partial charge in [0.1, 0.15) is 0 Å². The van der Waals surface area contributed by atoms with Crippen LogP contribution in [0.2, 0.25) is 0 Å². The number of aliphatic hydroxyl groups excluding tert-OH is 1. The van der Waals surface area contributed by atoms with E-state index < -0.39 is 6.10 Å². The first-order chi connectivity index (χ1) is 15.7. The van der Waals surface area contributed by atoms with Crippen LogP contribution in [-0.2, 0) is 17.8 Å². The molecule has 5 nitrogen and oxygen atoms in total. The minimum Gasteiger partial charge on any atom is -0.392 e. The number of carbonyl (C=O) groups excluding carboxylic acids is 1. The SMILES string of the molecule is C#CCN(C)C(=O)[C@@H](C)[C@@H]1CC[C@]2(C)Cc3sc(NCc4ccccc4)nc3[C@H](C)[C@@H]2[C@H]1O. The first-order valence-electron chi connectivity index (χ1n) is 11.9. The van der Waals surface area contributed by atoms with Crippen LogP contribution in [0.5, 0.6) is 0 Å². The highest BCUT2D eigenvalue weighted by atomic mass is 32.1. The van der Waals surface area contributed by atoms with Crippen molar-refractivity contribution in [2.75, 3.05) is 18.9 Å². The molecular formula is C27H35N3O2S. The summed E-state index contributed by atoms with van der Waals surface area (Å²) in [6, 6.07) is 10.3. The van der Waals surface area contributed by atoms with E-state index in [1.807, 2.05) is 25.1 Å². The van der Waals surface area contributed by atoms with Gasteiger partial charge in [-0.2, -0.15) is 0 Å². The summed E-state index contributed by atoms with van der Waals surface area (Å²) < 4.78 is 0. The number of rotatable bonds is 6. The van der Waals surface area contributed by atoms with Crippen molar-refractivity contribution in [1.29, 1.82) is 0 Å².